The number of ether oxygens (including phenoxy) is 2. The summed E-state index contributed by atoms with van der Waals surface area (Å²) in [6, 6.07) is 29.2. The molecule has 4 rings (SSSR count). The van der Waals surface area contributed by atoms with Crippen LogP contribution in [-0.4, -0.2) is 62.1 Å². The van der Waals surface area contributed by atoms with Crippen molar-refractivity contribution in [3.05, 3.63) is 151 Å². The van der Waals surface area contributed by atoms with E-state index in [9.17, 15) is 39.0 Å². The summed E-state index contributed by atoms with van der Waals surface area (Å²) in [6.07, 6.45) is -0.328. The highest BCUT2D eigenvalue weighted by Crippen LogP contribution is 2.17. The Morgan fingerprint density at radius 1 is 0.525 bits per heavy atom. The van der Waals surface area contributed by atoms with Crippen LogP contribution in [0.4, 0.5) is 28.4 Å². The van der Waals surface area contributed by atoms with Crippen molar-refractivity contribution in [1.29, 1.82) is 0 Å². The number of carbonyl (C=O) groups is 6. The van der Waals surface area contributed by atoms with Gasteiger partial charge in [-0.3, -0.25) is 14.4 Å². The van der Waals surface area contributed by atoms with Crippen LogP contribution in [0, 0.1) is 0 Å². The van der Waals surface area contributed by atoms with Crippen LogP contribution in [0.3, 0.4) is 0 Å². The number of benzene rings is 4. The van der Waals surface area contributed by atoms with Crippen molar-refractivity contribution < 1.29 is 48.5 Å². The minimum Gasteiger partial charge on any atom is -0.547 e. The second kappa shape index (κ2) is 24.2. The molecule has 2 atom stereocenters. The fraction of sp³-hybridized carbons (Fsp3) is 0.182. The first-order valence-corrected chi connectivity index (χ1v) is 17.7. The van der Waals surface area contributed by atoms with E-state index in [1.807, 2.05) is 42.5 Å². The highest BCUT2D eigenvalue weighted by atomic mass is 16.5. The Bertz CT molecular complexity index is 2100. The summed E-state index contributed by atoms with van der Waals surface area (Å²) in [5.41, 5.74) is 6.56. The molecule has 5 N–H and O–H groups in total. The van der Waals surface area contributed by atoms with Crippen LogP contribution in [0.15, 0.2) is 140 Å². The fourth-order valence-electron chi connectivity index (χ4n) is 4.41. The quantitative estimate of drug-likeness (QED) is 0.0468. The van der Waals surface area contributed by atoms with Gasteiger partial charge in [0, 0.05) is 52.3 Å². The van der Waals surface area contributed by atoms with Gasteiger partial charge in [-0.1, -0.05) is 62.2 Å². The predicted octanol–water partition coefficient (Wildman–Crippen LogP) is 4.03. The molecule has 4 aromatic rings. The maximum absolute atomic E-state index is 11.5. The lowest BCUT2D eigenvalue weighted by Gasteiger charge is -2.19. The number of hydrogen-bond acceptors (Lipinski definition) is 12. The molecule has 0 saturated heterocycles. The number of amides is 3. The number of hydrogen-bond donors (Lipinski definition) is 5. The van der Waals surface area contributed by atoms with Crippen molar-refractivity contribution in [3.63, 3.8) is 0 Å². The Labute approximate surface area is 342 Å². The Balaban J connectivity index is 0.000000306. The third kappa shape index (κ3) is 17.4. The molecule has 15 heteroatoms. The van der Waals surface area contributed by atoms with Crippen molar-refractivity contribution in [2.24, 2.45) is 0 Å². The van der Waals surface area contributed by atoms with Crippen molar-refractivity contribution >= 4 is 64.1 Å². The lowest BCUT2D eigenvalue weighted by molar-refractivity contribution is -0.314. The Morgan fingerprint density at radius 2 is 0.881 bits per heavy atom. The molecule has 0 bridgehead atoms. The van der Waals surface area contributed by atoms with E-state index in [4.69, 9.17) is 0 Å². The molecule has 310 valence electrons. The van der Waals surface area contributed by atoms with Gasteiger partial charge < -0.3 is 55.9 Å². The number of carboxylic acid groups (broad SMARTS) is 2. The van der Waals surface area contributed by atoms with Crippen LogP contribution >= 0.6 is 0 Å². The van der Waals surface area contributed by atoms with Gasteiger partial charge in [-0.25, -0.2) is 4.79 Å². The summed E-state index contributed by atoms with van der Waals surface area (Å²) < 4.78 is 9.05. The first-order valence-electron chi connectivity index (χ1n) is 17.7. The Kier molecular flexibility index (Phi) is 19.5. The molecule has 0 aliphatic carbocycles. The maximum atomic E-state index is 11.5. The minimum absolute atomic E-state index is 0.143. The first kappa shape index (κ1) is 47.6. The number of nitrogens with one attached hydrogen (secondary N) is 5. The molecular weight excluding hydrogens is 759 g/mol. The second-order valence-electron chi connectivity index (χ2n) is 12.7. The standard InChI is InChI=1S/C17H17NO.C14H16N2O5.C13H16N2O4/c1-13(2)17(19)18-16-10-8-15(9-11-16)12-14-6-4-3-5-7-14;1-8(2)12(17)16-10-6-4-9(5-7-10)15-11(13(18)19)14(20)21-3;1-8(2)11(16)14-9-4-6-10(7-5-9)15-12(19-3)13(17)18/h3-11H,1,12H2,2H3,(H,18,19);4-7,11,15H,1H2,2-3H3,(H,16,17)(H,18,19);4-7,12,15H,1H2,2-3H3,(H,14,16)(H,17,18)/p-2. The summed E-state index contributed by atoms with van der Waals surface area (Å²) in [5.74, 6) is -4.66. The zero-order chi connectivity index (χ0) is 44.1. The average molecular weight is 806 g/mol. The topological polar surface area (TPSA) is 227 Å². The van der Waals surface area contributed by atoms with Gasteiger partial charge in [0.1, 0.15) is 0 Å². The molecule has 0 spiro atoms. The molecule has 0 saturated carbocycles. The number of methoxy groups -OCH3 is 2. The molecule has 0 radical (unpaired) electrons. The van der Waals surface area contributed by atoms with E-state index in [0.717, 1.165) is 19.2 Å². The molecule has 0 fully saturated rings. The molecule has 59 heavy (non-hydrogen) atoms. The monoisotopic (exact) mass is 805 g/mol. The summed E-state index contributed by atoms with van der Waals surface area (Å²) in [6.45, 7) is 15.5. The average Bonchev–Trinajstić information content (AvgIpc) is 3.21. The van der Waals surface area contributed by atoms with Gasteiger partial charge in [0.15, 0.2) is 12.3 Å². The summed E-state index contributed by atoms with van der Waals surface area (Å²) >= 11 is 0. The smallest absolute Gasteiger partial charge is 0.334 e. The van der Waals surface area contributed by atoms with Crippen molar-refractivity contribution in [2.75, 3.05) is 40.8 Å². The first-order chi connectivity index (χ1) is 27.9. The van der Waals surface area contributed by atoms with Crippen LogP contribution in [0.25, 0.3) is 0 Å². The van der Waals surface area contributed by atoms with E-state index < -0.39 is 30.2 Å². The largest absolute Gasteiger partial charge is 0.547 e. The highest BCUT2D eigenvalue weighted by molar-refractivity contribution is 6.04. The van der Waals surface area contributed by atoms with Gasteiger partial charge in [0.25, 0.3) is 17.7 Å². The van der Waals surface area contributed by atoms with Crippen molar-refractivity contribution in [3.8, 4) is 0 Å². The third-order valence-corrected chi connectivity index (χ3v) is 7.64. The number of carbonyl (C=O) groups excluding carboxylic acids is 6. The normalized spacial score (nSPS) is 10.9. The molecule has 0 heterocycles. The third-order valence-electron chi connectivity index (χ3n) is 7.64. The number of anilines is 5. The van der Waals surface area contributed by atoms with E-state index in [1.165, 1.54) is 30.4 Å². The molecule has 4 aromatic carbocycles. The van der Waals surface area contributed by atoms with Crippen LogP contribution in [0.5, 0.6) is 0 Å². The highest BCUT2D eigenvalue weighted by Gasteiger charge is 2.20. The summed E-state index contributed by atoms with van der Waals surface area (Å²) in [4.78, 5) is 67.1. The van der Waals surface area contributed by atoms with Gasteiger partial charge in [-0.05, 0) is 99.0 Å². The van der Waals surface area contributed by atoms with Crippen LogP contribution in [0.1, 0.15) is 31.9 Å². The number of rotatable bonds is 16. The molecule has 0 aliphatic rings. The number of aliphatic carboxylic acids is 2. The molecule has 2 unspecified atom stereocenters. The maximum Gasteiger partial charge on any atom is 0.334 e. The van der Waals surface area contributed by atoms with Gasteiger partial charge in [-0.2, -0.15) is 0 Å². The van der Waals surface area contributed by atoms with E-state index in [0.29, 0.717) is 39.5 Å². The van der Waals surface area contributed by atoms with E-state index >= 15 is 0 Å². The van der Waals surface area contributed by atoms with Gasteiger partial charge in [0.2, 0.25) is 0 Å². The lowest BCUT2D eigenvalue weighted by Crippen LogP contribution is -2.46. The van der Waals surface area contributed by atoms with E-state index in [2.05, 4.69) is 67.9 Å². The SMILES string of the molecule is C=C(C)C(=O)Nc1ccc(Cc2ccccc2)cc1.C=C(C)C(=O)Nc1ccc(NC(C(=O)[O-])C(=O)OC)cc1.C=C(C)C(=O)Nc1ccc(NC(OC)C(=O)[O-])cc1. The zero-order valence-electron chi connectivity index (χ0n) is 33.4. The molecule has 0 aliphatic heterocycles. The van der Waals surface area contributed by atoms with E-state index in [-0.39, 0.29) is 17.7 Å². The summed E-state index contributed by atoms with van der Waals surface area (Å²) in [7, 11) is 2.34. The van der Waals surface area contributed by atoms with Gasteiger partial charge in [0.05, 0.1) is 19.0 Å². The molecule has 0 aromatic heterocycles. The number of esters is 1. The molecule has 3 amide bonds. The van der Waals surface area contributed by atoms with Crippen LogP contribution in [-0.2, 0) is 44.7 Å². The Morgan fingerprint density at radius 3 is 1.22 bits per heavy atom. The van der Waals surface area contributed by atoms with Crippen molar-refractivity contribution in [1.82, 2.24) is 0 Å². The van der Waals surface area contributed by atoms with Crippen molar-refractivity contribution in [2.45, 2.75) is 39.5 Å². The van der Waals surface area contributed by atoms with Crippen LogP contribution in [0.2, 0.25) is 0 Å². The summed E-state index contributed by atoms with van der Waals surface area (Å²) in [5, 5.41) is 34.6. The Hall–Kier alpha value is -7.52. The van der Waals surface area contributed by atoms with Gasteiger partial charge in [-0.15, -0.1) is 0 Å². The zero-order valence-corrected chi connectivity index (χ0v) is 33.4. The fourth-order valence-corrected chi connectivity index (χ4v) is 4.41. The predicted molar refractivity (Wildman–Crippen MR) is 223 cm³/mol. The van der Waals surface area contributed by atoms with E-state index in [1.54, 1.807) is 57.2 Å². The minimum atomic E-state index is -1.61. The molecular formula is C44H47N5O10-2. The van der Waals surface area contributed by atoms with Crippen LogP contribution < -0.4 is 36.8 Å². The van der Waals surface area contributed by atoms with Gasteiger partial charge >= 0.3 is 5.97 Å². The number of carboxylic acids is 2. The molecule has 15 nitrogen and oxygen atoms in total. The lowest BCUT2D eigenvalue weighted by atomic mass is 10.0. The second-order valence-corrected chi connectivity index (χ2v) is 12.7.